The van der Waals surface area contributed by atoms with Crippen LogP contribution in [0.15, 0.2) is 39.8 Å². The molecular formula is C12H13N3O2S. The van der Waals surface area contributed by atoms with Crippen molar-refractivity contribution in [3.8, 4) is 0 Å². The molecule has 2 aromatic rings. The molecule has 1 amide bonds. The number of carbonyl (C=O) groups is 1. The van der Waals surface area contributed by atoms with Crippen LogP contribution in [0.3, 0.4) is 0 Å². The molecule has 0 saturated carbocycles. The molecule has 0 atom stereocenters. The number of para-hydroxylation sites is 1. The molecule has 5 nitrogen and oxygen atoms in total. The molecule has 0 spiro atoms. The molecule has 1 aromatic carbocycles. The monoisotopic (exact) mass is 263 g/mol. The Morgan fingerprint density at radius 2 is 2.28 bits per heavy atom. The van der Waals surface area contributed by atoms with Gasteiger partial charge in [-0.2, -0.15) is 0 Å². The molecule has 0 aliphatic carbocycles. The van der Waals surface area contributed by atoms with Crippen LogP contribution in [0.2, 0.25) is 0 Å². The molecule has 6 heteroatoms. The quantitative estimate of drug-likeness (QED) is 0.653. The molecule has 3 N–H and O–H groups in total. The van der Waals surface area contributed by atoms with Gasteiger partial charge in [-0.05, 0) is 19.1 Å². The van der Waals surface area contributed by atoms with Crippen molar-refractivity contribution in [3.63, 3.8) is 0 Å². The molecule has 18 heavy (non-hydrogen) atoms. The smallest absolute Gasteiger partial charge is 0.235 e. The number of nitrogens with two attached hydrogens (primary N) is 1. The number of hydrogen-bond donors (Lipinski definition) is 2. The van der Waals surface area contributed by atoms with Crippen molar-refractivity contribution in [2.75, 3.05) is 16.8 Å². The average Bonchev–Trinajstić information content (AvgIpc) is 2.74. The second-order valence-corrected chi connectivity index (χ2v) is 4.71. The van der Waals surface area contributed by atoms with Crippen LogP contribution in [0.5, 0.6) is 0 Å². The van der Waals surface area contributed by atoms with Crippen LogP contribution in [0.4, 0.5) is 11.5 Å². The second kappa shape index (κ2) is 5.59. The topological polar surface area (TPSA) is 81.2 Å². The summed E-state index contributed by atoms with van der Waals surface area (Å²) < 4.78 is 4.86. The Labute approximate surface area is 109 Å². The van der Waals surface area contributed by atoms with Crippen molar-refractivity contribution in [1.82, 2.24) is 5.16 Å². The molecule has 94 valence electrons. The minimum Gasteiger partial charge on any atom is -0.398 e. The number of anilines is 2. The minimum absolute atomic E-state index is 0.142. The number of nitrogen functional groups attached to an aromatic ring is 1. The van der Waals surface area contributed by atoms with E-state index in [2.05, 4.69) is 10.5 Å². The Morgan fingerprint density at radius 3 is 2.94 bits per heavy atom. The summed E-state index contributed by atoms with van der Waals surface area (Å²) in [5, 5.41) is 6.33. The number of rotatable bonds is 4. The molecular weight excluding hydrogens is 250 g/mol. The lowest BCUT2D eigenvalue weighted by Gasteiger charge is -2.04. The largest absolute Gasteiger partial charge is 0.398 e. The van der Waals surface area contributed by atoms with E-state index in [4.69, 9.17) is 10.3 Å². The third kappa shape index (κ3) is 3.27. The van der Waals surface area contributed by atoms with Gasteiger partial charge in [0.15, 0.2) is 5.82 Å². The number of benzene rings is 1. The maximum atomic E-state index is 11.7. The number of amides is 1. The third-order valence-electron chi connectivity index (χ3n) is 2.17. The van der Waals surface area contributed by atoms with Gasteiger partial charge in [0.2, 0.25) is 5.91 Å². The van der Waals surface area contributed by atoms with E-state index < -0.39 is 0 Å². The van der Waals surface area contributed by atoms with Gasteiger partial charge in [0.05, 0.1) is 5.75 Å². The fourth-order valence-electron chi connectivity index (χ4n) is 1.36. The molecule has 0 aliphatic rings. The summed E-state index contributed by atoms with van der Waals surface area (Å²) in [4.78, 5) is 12.5. The number of carbonyl (C=O) groups excluding carboxylic acids is 1. The molecule has 0 bridgehead atoms. The van der Waals surface area contributed by atoms with Gasteiger partial charge in [-0.25, -0.2) is 0 Å². The van der Waals surface area contributed by atoms with Crippen molar-refractivity contribution < 1.29 is 9.32 Å². The minimum atomic E-state index is -0.142. The van der Waals surface area contributed by atoms with E-state index in [1.54, 1.807) is 19.1 Å². The fraction of sp³-hybridized carbons (Fsp3) is 0.167. The normalized spacial score (nSPS) is 10.3. The summed E-state index contributed by atoms with van der Waals surface area (Å²) in [6.07, 6.45) is 0. The lowest BCUT2D eigenvalue weighted by molar-refractivity contribution is -0.113. The molecule has 0 radical (unpaired) electrons. The van der Waals surface area contributed by atoms with Crippen molar-refractivity contribution in [2.24, 2.45) is 0 Å². The van der Waals surface area contributed by atoms with Crippen molar-refractivity contribution in [2.45, 2.75) is 11.8 Å². The van der Waals surface area contributed by atoms with Gasteiger partial charge in [-0.3, -0.25) is 4.79 Å². The Balaban J connectivity index is 1.87. The Hall–Kier alpha value is -1.95. The second-order valence-electron chi connectivity index (χ2n) is 3.70. The molecule has 0 fully saturated rings. The van der Waals surface area contributed by atoms with E-state index in [9.17, 15) is 4.79 Å². The number of aryl methyl sites for hydroxylation is 1. The van der Waals surface area contributed by atoms with Crippen molar-refractivity contribution in [3.05, 3.63) is 36.1 Å². The SMILES string of the molecule is Cc1cc(NC(=O)CSc2ccccc2N)no1. The zero-order valence-electron chi connectivity index (χ0n) is 9.84. The van der Waals surface area contributed by atoms with Crippen molar-refractivity contribution in [1.29, 1.82) is 0 Å². The lowest BCUT2D eigenvalue weighted by atomic mass is 10.3. The summed E-state index contributed by atoms with van der Waals surface area (Å²) >= 11 is 1.39. The summed E-state index contributed by atoms with van der Waals surface area (Å²) in [6, 6.07) is 9.10. The number of hydrogen-bond acceptors (Lipinski definition) is 5. The first-order valence-corrected chi connectivity index (χ1v) is 6.34. The highest BCUT2D eigenvalue weighted by Crippen LogP contribution is 2.24. The van der Waals surface area contributed by atoms with Crippen LogP contribution in [-0.4, -0.2) is 16.8 Å². The zero-order chi connectivity index (χ0) is 13.0. The predicted molar refractivity (Wildman–Crippen MR) is 71.4 cm³/mol. The average molecular weight is 263 g/mol. The van der Waals surface area contributed by atoms with Crippen LogP contribution in [0, 0.1) is 6.92 Å². The molecule has 0 aliphatic heterocycles. The first kappa shape index (κ1) is 12.5. The van der Waals surface area contributed by atoms with Gasteiger partial charge in [-0.1, -0.05) is 17.3 Å². The van der Waals surface area contributed by atoms with Crippen LogP contribution >= 0.6 is 11.8 Å². The van der Waals surface area contributed by atoms with Gasteiger partial charge in [-0.15, -0.1) is 11.8 Å². The third-order valence-corrected chi connectivity index (χ3v) is 3.26. The van der Waals surface area contributed by atoms with E-state index in [0.29, 0.717) is 17.3 Å². The summed E-state index contributed by atoms with van der Waals surface area (Å²) in [6.45, 7) is 1.77. The number of nitrogens with one attached hydrogen (secondary N) is 1. The van der Waals surface area contributed by atoms with Crippen LogP contribution in [-0.2, 0) is 4.79 Å². The van der Waals surface area contributed by atoms with Gasteiger partial charge >= 0.3 is 0 Å². The molecule has 0 saturated heterocycles. The molecule has 0 unspecified atom stereocenters. The van der Waals surface area contributed by atoms with E-state index in [0.717, 1.165) is 4.90 Å². The van der Waals surface area contributed by atoms with E-state index in [-0.39, 0.29) is 11.7 Å². The van der Waals surface area contributed by atoms with Gasteiger partial charge in [0, 0.05) is 16.6 Å². The standard InChI is InChI=1S/C12H13N3O2S/c1-8-6-11(15-17-8)14-12(16)7-18-10-5-3-2-4-9(10)13/h2-6H,7,13H2,1H3,(H,14,15,16). The summed E-state index contributed by atoms with van der Waals surface area (Å²) in [5.74, 6) is 1.22. The number of aromatic nitrogens is 1. The number of thioether (sulfide) groups is 1. The highest BCUT2D eigenvalue weighted by Gasteiger charge is 2.07. The Morgan fingerprint density at radius 1 is 1.50 bits per heavy atom. The highest BCUT2D eigenvalue weighted by molar-refractivity contribution is 8.00. The summed E-state index contributed by atoms with van der Waals surface area (Å²) in [5.41, 5.74) is 6.46. The van der Waals surface area contributed by atoms with Gasteiger partial charge in [0.1, 0.15) is 5.76 Å². The van der Waals surface area contributed by atoms with Crippen LogP contribution < -0.4 is 11.1 Å². The molecule has 1 heterocycles. The Kier molecular flexibility index (Phi) is 3.88. The van der Waals surface area contributed by atoms with E-state index in [1.807, 2.05) is 18.2 Å². The first-order valence-electron chi connectivity index (χ1n) is 5.35. The summed E-state index contributed by atoms with van der Waals surface area (Å²) in [7, 11) is 0. The van der Waals surface area contributed by atoms with Crippen LogP contribution in [0.25, 0.3) is 0 Å². The van der Waals surface area contributed by atoms with E-state index in [1.165, 1.54) is 11.8 Å². The maximum Gasteiger partial charge on any atom is 0.235 e. The van der Waals surface area contributed by atoms with Gasteiger partial charge < -0.3 is 15.6 Å². The predicted octanol–water partition coefficient (Wildman–Crippen LogP) is 2.30. The van der Waals surface area contributed by atoms with Gasteiger partial charge in [0.25, 0.3) is 0 Å². The fourth-order valence-corrected chi connectivity index (χ4v) is 2.13. The highest BCUT2D eigenvalue weighted by atomic mass is 32.2. The van der Waals surface area contributed by atoms with Crippen LogP contribution in [0.1, 0.15) is 5.76 Å². The number of nitrogens with zero attached hydrogens (tertiary/aromatic N) is 1. The Bertz CT molecular complexity index is 554. The zero-order valence-corrected chi connectivity index (χ0v) is 10.7. The molecule has 2 rings (SSSR count). The lowest BCUT2D eigenvalue weighted by Crippen LogP contribution is -2.14. The van der Waals surface area contributed by atoms with E-state index >= 15 is 0 Å². The first-order chi connectivity index (χ1) is 8.65. The maximum absolute atomic E-state index is 11.7. The van der Waals surface area contributed by atoms with Crippen molar-refractivity contribution >= 4 is 29.2 Å². The molecule has 1 aromatic heterocycles.